The van der Waals surface area contributed by atoms with Gasteiger partial charge in [-0.25, -0.2) is 4.98 Å². The molecule has 1 heterocycles. The molecule has 2 aromatic rings. The molecule has 0 saturated heterocycles. The lowest BCUT2D eigenvalue weighted by Gasteiger charge is -2.19. The third-order valence-electron chi connectivity index (χ3n) is 3.89. The SMILES string of the molecule is CCNC(Cc1cc(C)ccc1C)Cc1ncnn1CC. The van der Waals surface area contributed by atoms with E-state index >= 15 is 0 Å². The Hall–Kier alpha value is -1.68. The van der Waals surface area contributed by atoms with Crippen molar-refractivity contribution in [1.82, 2.24) is 20.1 Å². The van der Waals surface area contributed by atoms with Gasteiger partial charge in [0.1, 0.15) is 12.2 Å². The van der Waals surface area contributed by atoms with Crippen LogP contribution in [0.4, 0.5) is 0 Å². The summed E-state index contributed by atoms with van der Waals surface area (Å²) < 4.78 is 1.98. The van der Waals surface area contributed by atoms with Crippen molar-refractivity contribution in [2.75, 3.05) is 6.54 Å². The van der Waals surface area contributed by atoms with Crippen molar-refractivity contribution in [3.05, 3.63) is 47.0 Å². The fourth-order valence-corrected chi connectivity index (χ4v) is 2.72. The van der Waals surface area contributed by atoms with E-state index in [-0.39, 0.29) is 0 Å². The Kier molecular flexibility index (Phi) is 5.51. The second kappa shape index (κ2) is 7.36. The number of aromatic nitrogens is 3. The molecule has 1 N–H and O–H groups in total. The van der Waals surface area contributed by atoms with E-state index in [9.17, 15) is 0 Å². The highest BCUT2D eigenvalue weighted by atomic mass is 15.3. The van der Waals surface area contributed by atoms with Crippen molar-refractivity contribution in [3.63, 3.8) is 0 Å². The molecule has 1 aromatic carbocycles. The average Bonchev–Trinajstić information content (AvgIpc) is 2.90. The Morgan fingerprint density at radius 3 is 2.71 bits per heavy atom. The number of likely N-dealkylation sites (N-methyl/N-ethyl adjacent to an activating group) is 1. The molecule has 4 heteroatoms. The molecule has 1 unspecified atom stereocenters. The van der Waals surface area contributed by atoms with Crippen LogP contribution in [0.15, 0.2) is 24.5 Å². The largest absolute Gasteiger partial charge is 0.313 e. The molecule has 21 heavy (non-hydrogen) atoms. The van der Waals surface area contributed by atoms with Crippen LogP contribution in [0.2, 0.25) is 0 Å². The zero-order valence-electron chi connectivity index (χ0n) is 13.6. The molecule has 0 radical (unpaired) electrons. The smallest absolute Gasteiger partial charge is 0.138 e. The quantitative estimate of drug-likeness (QED) is 0.851. The fourth-order valence-electron chi connectivity index (χ4n) is 2.72. The maximum atomic E-state index is 4.40. The van der Waals surface area contributed by atoms with Crippen molar-refractivity contribution < 1.29 is 0 Å². The molecule has 0 saturated carbocycles. The minimum absolute atomic E-state index is 0.394. The van der Waals surface area contributed by atoms with E-state index in [1.54, 1.807) is 6.33 Å². The van der Waals surface area contributed by atoms with Crippen LogP contribution in [-0.2, 0) is 19.4 Å². The summed E-state index contributed by atoms with van der Waals surface area (Å²) in [5.74, 6) is 1.06. The van der Waals surface area contributed by atoms with Crippen molar-refractivity contribution in [1.29, 1.82) is 0 Å². The molecule has 0 bridgehead atoms. The van der Waals surface area contributed by atoms with Gasteiger partial charge in [0.05, 0.1) is 0 Å². The highest BCUT2D eigenvalue weighted by Gasteiger charge is 2.14. The minimum Gasteiger partial charge on any atom is -0.313 e. The van der Waals surface area contributed by atoms with Gasteiger partial charge in [-0.2, -0.15) is 5.10 Å². The van der Waals surface area contributed by atoms with Gasteiger partial charge in [-0.1, -0.05) is 30.7 Å². The van der Waals surface area contributed by atoms with E-state index < -0.39 is 0 Å². The van der Waals surface area contributed by atoms with Gasteiger partial charge in [0.15, 0.2) is 0 Å². The van der Waals surface area contributed by atoms with Crippen LogP contribution >= 0.6 is 0 Å². The first-order valence-electron chi connectivity index (χ1n) is 7.80. The Morgan fingerprint density at radius 1 is 1.19 bits per heavy atom. The number of hydrogen-bond donors (Lipinski definition) is 1. The lowest BCUT2D eigenvalue weighted by atomic mass is 9.97. The highest BCUT2D eigenvalue weighted by Crippen LogP contribution is 2.14. The molecule has 0 spiro atoms. The van der Waals surface area contributed by atoms with Crippen LogP contribution in [0.1, 0.15) is 36.4 Å². The third-order valence-corrected chi connectivity index (χ3v) is 3.89. The first-order valence-corrected chi connectivity index (χ1v) is 7.80. The van der Waals surface area contributed by atoms with E-state index in [1.165, 1.54) is 16.7 Å². The van der Waals surface area contributed by atoms with Crippen LogP contribution < -0.4 is 5.32 Å². The predicted molar refractivity (Wildman–Crippen MR) is 86.5 cm³/mol. The lowest BCUT2D eigenvalue weighted by molar-refractivity contribution is 0.489. The van der Waals surface area contributed by atoms with Crippen LogP contribution in [0.3, 0.4) is 0 Å². The number of rotatable bonds is 7. The molecule has 0 aliphatic carbocycles. The van der Waals surface area contributed by atoms with Crippen molar-refractivity contribution in [2.45, 2.75) is 53.1 Å². The Morgan fingerprint density at radius 2 is 2.00 bits per heavy atom. The zero-order valence-corrected chi connectivity index (χ0v) is 13.6. The lowest BCUT2D eigenvalue weighted by Crippen LogP contribution is -2.34. The second-order valence-electron chi connectivity index (χ2n) is 5.58. The predicted octanol–water partition coefficient (Wildman–Crippen LogP) is 2.68. The number of nitrogens with one attached hydrogen (secondary N) is 1. The first kappa shape index (κ1) is 15.7. The van der Waals surface area contributed by atoms with Gasteiger partial charge in [-0.3, -0.25) is 4.68 Å². The Balaban J connectivity index is 2.13. The molecule has 0 fully saturated rings. The van der Waals surface area contributed by atoms with Crippen molar-refractivity contribution in [3.8, 4) is 0 Å². The summed E-state index contributed by atoms with van der Waals surface area (Å²) >= 11 is 0. The van der Waals surface area contributed by atoms with Gasteiger partial charge in [0.2, 0.25) is 0 Å². The number of aryl methyl sites for hydroxylation is 3. The molecule has 4 nitrogen and oxygen atoms in total. The molecular weight excluding hydrogens is 260 g/mol. The van der Waals surface area contributed by atoms with Crippen molar-refractivity contribution in [2.24, 2.45) is 0 Å². The molecule has 2 rings (SSSR count). The summed E-state index contributed by atoms with van der Waals surface area (Å²) in [4.78, 5) is 4.40. The van der Waals surface area contributed by atoms with Gasteiger partial charge in [-0.15, -0.1) is 0 Å². The van der Waals surface area contributed by atoms with Crippen LogP contribution in [0.25, 0.3) is 0 Å². The highest BCUT2D eigenvalue weighted by molar-refractivity contribution is 5.31. The first-order chi connectivity index (χ1) is 10.1. The monoisotopic (exact) mass is 286 g/mol. The van der Waals surface area contributed by atoms with Gasteiger partial charge in [0.25, 0.3) is 0 Å². The summed E-state index contributed by atoms with van der Waals surface area (Å²) in [6, 6.07) is 7.08. The summed E-state index contributed by atoms with van der Waals surface area (Å²) in [5, 5.41) is 7.85. The molecule has 0 aliphatic rings. The topological polar surface area (TPSA) is 42.7 Å². The maximum absolute atomic E-state index is 4.40. The van der Waals surface area contributed by atoms with Crippen LogP contribution in [-0.4, -0.2) is 27.4 Å². The van der Waals surface area contributed by atoms with E-state index in [2.05, 4.69) is 61.3 Å². The normalized spacial score (nSPS) is 12.6. The molecule has 1 aromatic heterocycles. The van der Waals surface area contributed by atoms with E-state index in [1.807, 2.05) is 4.68 Å². The van der Waals surface area contributed by atoms with E-state index in [0.717, 1.165) is 31.8 Å². The van der Waals surface area contributed by atoms with E-state index in [0.29, 0.717) is 6.04 Å². The molecular formula is C17H26N4. The number of nitrogens with zero attached hydrogens (tertiary/aromatic N) is 3. The molecule has 0 aliphatic heterocycles. The van der Waals surface area contributed by atoms with Crippen molar-refractivity contribution >= 4 is 0 Å². The maximum Gasteiger partial charge on any atom is 0.138 e. The summed E-state index contributed by atoms with van der Waals surface area (Å²) in [6.45, 7) is 10.4. The second-order valence-corrected chi connectivity index (χ2v) is 5.58. The standard InChI is InChI=1S/C17H26N4/c1-5-18-16(11-17-19-12-20-21(17)6-2)10-15-9-13(3)7-8-14(15)4/h7-9,12,16,18H,5-6,10-11H2,1-4H3. The molecule has 0 amide bonds. The summed E-state index contributed by atoms with van der Waals surface area (Å²) in [6.07, 6.45) is 3.59. The van der Waals surface area contributed by atoms with Gasteiger partial charge in [0, 0.05) is 19.0 Å². The van der Waals surface area contributed by atoms with Gasteiger partial charge >= 0.3 is 0 Å². The summed E-state index contributed by atoms with van der Waals surface area (Å²) in [5.41, 5.74) is 4.10. The van der Waals surface area contributed by atoms with Gasteiger partial charge in [-0.05, 0) is 44.9 Å². The average molecular weight is 286 g/mol. The Bertz CT molecular complexity index is 574. The van der Waals surface area contributed by atoms with Crippen LogP contribution in [0.5, 0.6) is 0 Å². The third kappa shape index (κ3) is 4.14. The van der Waals surface area contributed by atoms with Gasteiger partial charge < -0.3 is 5.32 Å². The number of hydrogen-bond acceptors (Lipinski definition) is 3. The summed E-state index contributed by atoms with van der Waals surface area (Å²) in [7, 11) is 0. The Labute approximate surface area is 127 Å². The van der Waals surface area contributed by atoms with Crippen LogP contribution in [0, 0.1) is 13.8 Å². The zero-order chi connectivity index (χ0) is 15.2. The fraction of sp³-hybridized carbons (Fsp3) is 0.529. The molecule has 114 valence electrons. The van der Waals surface area contributed by atoms with E-state index in [4.69, 9.17) is 0 Å². The molecule has 1 atom stereocenters. The number of benzene rings is 1. The minimum atomic E-state index is 0.394.